The molecule has 90 valence electrons. The van der Waals surface area contributed by atoms with E-state index in [0.717, 1.165) is 37.0 Å². The highest BCUT2D eigenvalue weighted by atomic mass is 15.1. The van der Waals surface area contributed by atoms with Crippen LogP contribution in [0.4, 0.5) is 11.6 Å². The monoisotopic (exact) mass is 222 g/mol. The number of nitrogens with one attached hydrogen (secondary N) is 2. The van der Waals surface area contributed by atoms with Crippen molar-refractivity contribution in [3.05, 3.63) is 11.9 Å². The van der Waals surface area contributed by atoms with E-state index in [-0.39, 0.29) is 0 Å². The van der Waals surface area contributed by atoms with E-state index < -0.39 is 0 Å². The molecule has 0 atom stereocenters. The maximum atomic E-state index is 4.35. The Morgan fingerprint density at radius 1 is 1.00 bits per heavy atom. The Morgan fingerprint density at radius 3 is 2.19 bits per heavy atom. The number of rotatable bonds is 7. The van der Waals surface area contributed by atoms with Crippen molar-refractivity contribution in [2.24, 2.45) is 0 Å². The summed E-state index contributed by atoms with van der Waals surface area (Å²) >= 11 is 0. The van der Waals surface area contributed by atoms with Gasteiger partial charge >= 0.3 is 0 Å². The van der Waals surface area contributed by atoms with Gasteiger partial charge in [-0.05, 0) is 19.8 Å². The number of unbranched alkanes of at least 4 members (excludes halogenated alkanes) is 1. The molecule has 2 N–H and O–H groups in total. The molecule has 0 saturated carbocycles. The summed E-state index contributed by atoms with van der Waals surface area (Å²) in [5.74, 6) is 2.63. The number of aromatic nitrogens is 2. The topological polar surface area (TPSA) is 49.8 Å². The third-order valence-corrected chi connectivity index (χ3v) is 2.23. The Morgan fingerprint density at radius 2 is 1.62 bits per heavy atom. The summed E-state index contributed by atoms with van der Waals surface area (Å²) in [6.45, 7) is 8.16. The van der Waals surface area contributed by atoms with E-state index in [1.54, 1.807) is 0 Å². The highest BCUT2D eigenvalue weighted by Gasteiger charge is 2.00. The molecule has 1 rings (SSSR count). The molecule has 0 saturated heterocycles. The lowest BCUT2D eigenvalue weighted by atomic mass is 10.3. The molecule has 0 aliphatic carbocycles. The van der Waals surface area contributed by atoms with Gasteiger partial charge in [0.25, 0.3) is 0 Å². The van der Waals surface area contributed by atoms with E-state index in [1.165, 1.54) is 12.8 Å². The number of hydrogen-bond acceptors (Lipinski definition) is 4. The first-order valence-electron chi connectivity index (χ1n) is 6.09. The van der Waals surface area contributed by atoms with Crippen LogP contribution in [0.5, 0.6) is 0 Å². The van der Waals surface area contributed by atoms with Gasteiger partial charge in [-0.3, -0.25) is 0 Å². The minimum atomic E-state index is 0.806. The van der Waals surface area contributed by atoms with Crippen LogP contribution in [0, 0.1) is 6.92 Å². The first kappa shape index (κ1) is 12.7. The van der Waals surface area contributed by atoms with Crippen molar-refractivity contribution in [1.82, 2.24) is 9.97 Å². The maximum absolute atomic E-state index is 4.35. The van der Waals surface area contributed by atoms with Crippen molar-refractivity contribution in [3.8, 4) is 0 Å². The average Bonchev–Trinajstić information content (AvgIpc) is 2.26. The van der Waals surface area contributed by atoms with Gasteiger partial charge in [-0.15, -0.1) is 0 Å². The Kier molecular flexibility index (Phi) is 5.61. The zero-order valence-electron chi connectivity index (χ0n) is 10.5. The van der Waals surface area contributed by atoms with Gasteiger partial charge in [0, 0.05) is 19.2 Å². The molecule has 4 heteroatoms. The molecule has 0 spiro atoms. The fourth-order valence-corrected chi connectivity index (χ4v) is 1.40. The Labute approximate surface area is 97.9 Å². The lowest BCUT2D eigenvalue weighted by molar-refractivity contribution is 0.829. The molecular weight excluding hydrogens is 200 g/mol. The van der Waals surface area contributed by atoms with Gasteiger partial charge in [0.1, 0.15) is 17.5 Å². The standard InChI is InChI=1S/C12H22N4/c1-4-6-8-14-12-9-11(13-7-5-2)15-10(3)16-12/h9H,4-8H2,1-3H3,(H2,13,14,15,16). The van der Waals surface area contributed by atoms with Crippen LogP contribution < -0.4 is 10.6 Å². The predicted octanol–water partition coefficient (Wildman–Crippen LogP) is 2.82. The second kappa shape index (κ2) is 7.04. The van der Waals surface area contributed by atoms with E-state index in [1.807, 2.05) is 13.0 Å². The maximum Gasteiger partial charge on any atom is 0.131 e. The summed E-state index contributed by atoms with van der Waals surface area (Å²) in [6, 6.07) is 1.97. The van der Waals surface area contributed by atoms with Crippen molar-refractivity contribution >= 4 is 11.6 Å². The summed E-state index contributed by atoms with van der Waals surface area (Å²) < 4.78 is 0. The molecule has 0 fully saturated rings. The number of hydrogen-bond donors (Lipinski definition) is 2. The van der Waals surface area contributed by atoms with Crippen molar-refractivity contribution in [1.29, 1.82) is 0 Å². The summed E-state index contributed by atoms with van der Waals surface area (Å²) in [4.78, 5) is 8.69. The van der Waals surface area contributed by atoms with Crippen LogP contribution in [-0.2, 0) is 0 Å². The van der Waals surface area contributed by atoms with Gasteiger partial charge in [-0.2, -0.15) is 0 Å². The van der Waals surface area contributed by atoms with Gasteiger partial charge < -0.3 is 10.6 Å². The third-order valence-electron chi connectivity index (χ3n) is 2.23. The molecule has 16 heavy (non-hydrogen) atoms. The molecule has 1 aromatic rings. The zero-order chi connectivity index (χ0) is 11.8. The number of aryl methyl sites for hydroxylation is 1. The number of anilines is 2. The van der Waals surface area contributed by atoms with Crippen LogP contribution in [0.15, 0.2) is 6.07 Å². The van der Waals surface area contributed by atoms with Gasteiger partial charge in [0.15, 0.2) is 0 Å². The van der Waals surface area contributed by atoms with Crippen molar-refractivity contribution in [2.45, 2.75) is 40.0 Å². The SMILES string of the molecule is CCCCNc1cc(NCCC)nc(C)n1. The molecule has 0 amide bonds. The smallest absolute Gasteiger partial charge is 0.131 e. The van der Waals surface area contributed by atoms with E-state index in [0.29, 0.717) is 0 Å². The Balaban J connectivity index is 2.58. The normalized spacial score (nSPS) is 10.2. The summed E-state index contributed by atoms with van der Waals surface area (Å²) in [7, 11) is 0. The van der Waals surface area contributed by atoms with Gasteiger partial charge in [0.05, 0.1) is 0 Å². The number of nitrogens with zero attached hydrogens (tertiary/aromatic N) is 2. The molecule has 0 bridgehead atoms. The molecule has 4 nitrogen and oxygen atoms in total. The first-order chi connectivity index (χ1) is 7.76. The van der Waals surface area contributed by atoms with E-state index in [4.69, 9.17) is 0 Å². The molecular formula is C12H22N4. The highest BCUT2D eigenvalue weighted by Crippen LogP contribution is 2.11. The minimum absolute atomic E-state index is 0.806. The summed E-state index contributed by atoms with van der Waals surface area (Å²) in [5.41, 5.74) is 0. The molecule has 0 aromatic carbocycles. The Hall–Kier alpha value is -1.32. The van der Waals surface area contributed by atoms with Crippen LogP contribution in [0.1, 0.15) is 38.9 Å². The molecule has 1 aromatic heterocycles. The first-order valence-corrected chi connectivity index (χ1v) is 6.09. The second-order valence-corrected chi connectivity index (χ2v) is 3.89. The lowest BCUT2D eigenvalue weighted by Gasteiger charge is -2.09. The van der Waals surface area contributed by atoms with Gasteiger partial charge in [0.2, 0.25) is 0 Å². The van der Waals surface area contributed by atoms with Crippen LogP contribution >= 0.6 is 0 Å². The fraction of sp³-hybridized carbons (Fsp3) is 0.667. The van der Waals surface area contributed by atoms with E-state index >= 15 is 0 Å². The molecule has 1 heterocycles. The molecule has 0 aliphatic heterocycles. The third kappa shape index (κ3) is 4.47. The van der Waals surface area contributed by atoms with E-state index in [9.17, 15) is 0 Å². The zero-order valence-corrected chi connectivity index (χ0v) is 10.5. The van der Waals surface area contributed by atoms with Crippen LogP contribution in [-0.4, -0.2) is 23.1 Å². The van der Waals surface area contributed by atoms with Crippen LogP contribution in [0.2, 0.25) is 0 Å². The molecule has 0 aliphatic rings. The van der Waals surface area contributed by atoms with Gasteiger partial charge in [-0.1, -0.05) is 20.3 Å². The van der Waals surface area contributed by atoms with Crippen molar-refractivity contribution < 1.29 is 0 Å². The average molecular weight is 222 g/mol. The van der Waals surface area contributed by atoms with Crippen molar-refractivity contribution in [2.75, 3.05) is 23.7 Å². The van der Waals surface area contributed by atoms with Gasteiger partial charge in [-0.25, -0.2) is 9.97 Å². The quantitative estimate of drug-likeness (QED) is 0.696. The van der Waals surface area contributed by atoms with E-state index in [2.05, 4.69) is 34.4 Å². The molecule has 0 unspecified atom stereocenters. The lowest BCUT2D eigenvalue weighted by Crippen LogP contribution is -2.08. The Bertz CT molecular complexity index is 312. The fourth-order valence-electron chi connectivity index (χ4n) is 1.40. The summed E-state index contributed by atoms with van der Waals surface area (Å²) in [6.07, 6.45) is 3.46. The summed E-state index contributed by atoms with van der Waals surface area (Å²) in [5, 5.41) is 6.59. The second-order valence-electron chi connectivity index (χ2n) is 3.89. The molecule has 0 radical (unpaired) electrons. The largest absolute Gasteiger partial charge is 0.370 e. The van der Waals surface area contributed by atoms with Crippen molar-refractivity contribution in [3.63, 3.8) is 0 Å². The van der Waals surface area contributed by atoms with Crippen LogP contribution in [0.25, 0.3) is 0 Å². The van der Waals surface area contributed by atoms with Crippen LogP contribution in [0.3, 0.4) is 0 Å². The minimum Gasteiger partial charge on any atom is -0.370 e. The predicted molar refractivity (Wildman–Crippen MR) is 68.9 cm³/mol. The highest BCUT2D eigenvalue weighted by molar-refractivity contribution is 5.47.